The highest BCUT2D eigenvalue weighted by Crippen LogP contribution is 2.23. The maximum Gasteiger partial charge on any atom is 0.217 e. The number of nitrogens with one attached hydrogen (secondary N) is 2. The number of guanidine groups is 1. The van der Waals surface area contributed by atoms with Crippen LogP contribution in [0.4, 0.5) is 5.13 Å². The molecule has 7 nitrogen and oxygen atoms in total. The number of thiazole rings is 1. The fraction of sp³-hybridized carbons (Fsp3) is 0.231. The van der Waals surface area contributed by atoms with Gasteiger partial charge in [0.15, 0.2) is 11.1 Å². The number of amides is 1. The van der Waals surface area contributed by atoms with Gasteiger partial charge < -0.3 is 16.4 Å². The Balaban J connectivity index is 0.00000242. The van der Waals surface area contributed by atoms with E-state index in [4.69, 9.17) is 5.73 Å². The first-order chi connectivity index (χ1) is 10.1. The zero-order valence-corrected chi connectivity index (χ0v) is 15.0. The van der Waals surface area contributed by atoms with Crippen LogP contribution < -0.4 is 16.4 Å². The summed E-state index contributed by atoms with van der Waals surface area (Å²) in [5, 5.41) is 8.14. The van der Waals surface area contributed by atoms with Crippen molar-refractivity contribution in [1.82, 2.24) is 15.3 Å². The van der Waals surface area contributed by atoms with Crippen molar-refractivity contribution in [3.8, 4) is 11.4 Å². The fourth-order valence-corrected chi connectivity index (χ4v) is 2.26. The second-order valence-corrected chi connectivity index (χ2v) is 5.05. The second-order valence-electron chi connectivity index (χ2n) is 4.20. The van der Waals surface area contributed by atoms with Crippen molar-refractivity contribution in [2.45, 2.75) is 13.5 Å². The van der Waals surface area contributed by atoms with Crippen LogP contribution in [-0.4, -0.2) is 28.9 Å². The van der Waals surface area contributed by atoms with Gasteiger partial charge in [0.1, 0.15) is 5.69 Å². The summed E-state index contributed by atoms with van der Waals surface area (Å²) >= 11 is 1.42. The van der Waals surface area contributed by atoms with Gasteiger partial charge in [-0.3, -0.25) is 9.79 Å². The summed E-state index contributed by atoms with van der Waals surface area (Å²) in [5.74, 6) is 0.222. The number of halogens is 2. The van der Waals surface area contributed by atoms with Gasteiger partial charge in [-0.2, -0.15) is 0 Å². The summed E-state index contributed by atoms with van der Waals surface area (Å²) < 4.78 is 0. The van der Waals surface area contributed by atoms with E-state index in [1.54, 1.807) is 7.05 Å². The Morgan fingerprint density at radius 3 is 2.70 bits per heavy atom. The molecular formula is C13H18Cl2N6OS. The molecule has 0 fully saturated rings. The number of carbonyl (C=O) groups is 1. The third kappa shape index (κ3) is 6.39. The first-order valence-electron chi connectivity index (χ1n) is 6.24. The molecule has 2 heterocycles. The highest BCUT2D eigenvalue weighted by atomic mass is 35.5. The molecule has 0 atom stereocenters. The quantitative estimate of drug-likeness (QED) is 0.559. The molecule has 0 aliphatic carbocycles. The van der Waals surface area contributed by atoms with Gasteiger partial charge in [-0.05, 0) is 12.1 Å². The van der Waals surface area contributed by atoms with Crippen LogP contribution in [0.1, 0.15) is 12.6 Å². The molecule has 0 unspecified atom stereocenters. The van der Waals surface area contributed by atoms with E-state index in [9.17, 15) is 4.79 Å². The summed E-state index contributed by atoms with van der Waals surface area (Å²) in [4.78, 5) is 23.6. The Labute approximate surface area is 150 Å². The lowest BCUT2D eigenvalue weighted by Crippen LogP contribution is -2.21. The molecule has 0 bridgehead atoms. The van der Waals surface area contributed by atoms with Crippen molar-refractivity contribution >= 4 is 53.1 Å². The maximum absolute atomic E-state index is 10.9. The third-order valence-corrected chi connectivity index (χ3v) is 3.33. The summed E-state index contributed by atoms with van der Waals surface area (Å²) in [6.07, 6.45) is 0. The first kappa shape index (κ1) is 21.1. The van der Waals surface area contributed by atoms with Crippen LogP contribution in [0.2, 0.25) is 0 Å². The molecule has 0 saturated heterocycles. The van der Waals surface area contributed by atoms with Crippen molar-refractivity contribution in [3.05, 3.63) is 29.3 Å². The Bertz CT molecular complexity index is 676. The minimum atomic E-state index is -0.0864. The minimum absolute atomic E-state index is 0. The molecular weight excluding hydrogens is 359 g/mol. The molecule has 2 aromatic rings. The van der Waals surface area contributed by atoms with E-state index in [0.717, 1.165) is 17.1 Å². The number of hydrogen-bond donors (Lipinski definition) is 3. The molecule has 23 heavy (non-hydrogen) atoms. The van der Waals surface area contributed by atoms with Crippen LogP contribution in [0.25, 0.3) is 11.4 Å². The number of pyridine rings is 1. The van der Waals surface area contributed by atoms with Crippen LogP contribution in [0.3, 0.4) is 0 Å². The number of nitrogens with two attached hydrogens (primary N) is 1. The number of hydrogen-bond acceptors (Lipinski definition) is 5. The molecule has 0 aliphatic heterocycles. The predicted octanol–water partition coefficient (Wildman–Crippen LogP) is 2.04. The Kier molecular flexibility index (Phi) is 9.16. The summed E-state index contributed by atoms with van der Waals surface area (Å²) in [5.41, 5.74) is 7.86. The van der Waals surface area contributed by atoms with Gasteiger partial charge in [-0.25, -0.2) is 9.97 Å². The van der Waals surface area contributed by atoms with Crippen LogP contribution in [0, 0.1) is 0 Å². The van der Waals surface area contributed by atoms with Gasteiger partial charge in [0.25, 0.3) is 0 Å². The zero-order chi connectivity index (χ0) is 15.2. The van der Waals surface area contributed by atoms with Gasteiger partial charge in [0, 0.05) is 19.4 Å². The van der Waals surface area contributed by atoms with Crippen molar-refractivity contribution < 1.29 is 4.79 Å². The largest absolute Gasteiger partial charge is 0.370 e. The Morgan fingerprint density at radius 2 is 2.04 bits per heavy atom. The number of aromatic nitrogens is 2. The monoisotopic (exact) mass is 376 g/mol. The highest BCUT2D eigenvalue weighted by molar-refractivity contribution is 7.14. The molecule has 1 amide bonds. The van der Waals surface area contributed by atoms with Crippen molar-refractivity contribution in [2.24, 2.45) is 10.7 Å². The number of aliphatic imine (C=N–C) groups is 1. The summed E-state index contributed by atoms with van der Waals surface area (Å²) in [7, 11) is 1.60. The average Bonchev–Trinajstić information content (AvgIpc) is 2.94. The standard InChI is InChI=1S/C13H16N6OS.2ClH/c1-8(20)16-6-9-4-3-5-10(17-9)11-7-21-13(18-11)19-12(14)15-2;;/h3-5,7H,6H2,1-2H3,(H,16,20)(H3,14,15,18,19);2*1H. The Morgan fingerprint density at radius 1 is 1.30 bits per heavy atom. The first-order valence-corrected chi connectivity index (χ1v) is 7.12. The number of nitrogens with zero attached hydrogens (tertiary/aromatic N) is 3. The lowest BCUT2D eigenvalue weighted by Gasteiger charge is -2.03. The zero-order valence-electron chi connectivity index (χ0n) is 12.6. The fourth-order valence-electron chi connectivity index (χ4n) is 1.55. The molecule has 2 rings (SSSR count). The smallest absolute Gasteiger partial charge is 0.217 e. The SMILES string of the molecule is CN=C(N)Nc1nc(-c2cccc(CNC(C)=O)n2)cs1.Cl.Cl. The lowest BCUT2D eigenvalue weighted by molar-refractivity contribution is -0.119. The molecule has 0 aliphatic rings. The van der Waals surface area contributed by atoms with Crippen LogP contribution in [0.15, 0.2) is 28.6 Å². The molecule has 0 radical (unpaired) electrons. The third-order valence-electron chi connectivity index (χ3n) is 2.57. The summed E-state index contributed by atoms with van der Waals surface area (Å²) in [6, 6.07) is 5.61. The van der Waals surface area contributed by atoms with Crippen molar-refractivity contribution in [3.63, 3.8) is 0 Å². The van der Waals surface area contributed by atoms with Gasteiger partial charge in [0.2, 0.25) is 5.91 Å². The van der Waals surface area contributed by atoms with Crippen molar-refractivity contribution in [2.75, 3.05) is 12.4 Å². The molecule has 10 heteroatoms. The molecule has 0 saturated carbocycles. The summed E-state index contributed by atoms with van der Waals surface area (Å²) in [6.45, 7) is 1.87. The molecule has 4 N–H and O–H groups in total. The van der Waals surface area contributed by atoms with Gasteiger partial charge in [-0.15, -0.1) is 36.2 Å². The molecule has 0 aromatic carbocycles. The van der Waals surface area contributed by atoms with E-state index < -0.39 is 0 Å². The van der Waals surface area contributed by atoms with E-state index >= 15 is 0 Å². The average molecular weight is 377 g/mol. The van der Waals surface area contributed by atoms with E-state index in [2.05, 4.69) is 25.6 Å². The highest BCUT2D eigenvalue weighted by Gasteiger charge is 2.07. The van der Waals surface area contributed by atoms with E-state index in [0.29, 0.717) is 17.6 Å². The molecule has 2 aromatic heterocycles. The second kappa shape index (κ2) is 9.98. The number of rotatable bonds is 4. The lowest BCUT2D eigenvalue weighted by atomic mass is 10.2. The van der Waals surface area contributed by atoms with Gasteiger partial charge in [-0.1, -0.05) is 6.07 Å². The van der Waals surface area contributed by atoms with Crippen LogP contribution in [0.5, 0.6) is 0 Å². The van der Waals surface area contributed by atoms with E-state index in [-0.39, 0.29) is 30.7 Å². The topological polar surface area (TPSA) is 105 Å². The van der Waals surface area contributed by atoms with E-state index in [1.807, 2.05) is 23.6 Å². The van der Waals surface area contributed by atoms with Crippen LogP contribution in [-0.2, 0) is 11.3 Å². The Hall–Kier alpha value is -1.90. The van der Waals surface area contributed by atoms with E-state index in [1.165, 1.54) is 18.3 Å². The number of anilines is 1. The normalized spacial score (nSPS) is 10.3. The van der Waals surface area contributed by atoms with Crippen LogP contribution >= 0.6 is 36.2 Å². The maximum atomic E-state index is 10.9. The van der Waals surface area contributed by atoms with Gasteiger partial charge >= 0.3 is 0 Å². The molecule has 0 spiro atoms. The predicted molar refractivity (Wildman–Crippen MR) is 98.5 cm³/mol. The number of carbonyl (C=O) groups excluding carboxylic acids is 1. The minimum Gasteiger partial charge on any atom is -0.370 e. The van der Waals surface area contributed by atoms with Gasteiger partial charge in [0.05, 0.1) is 17.9 Å². The molecule has 126 valence electrons. The van der Waals surface area contributed by atoms with Crippen molar-refractivity contribution in [1.29, 1.82) is 0 Å².